The van der Waals surface area contributed by atoms with E-state index in [-0.39, 0.29) is 73.2 Å². The van der Waals surface area contributed by atoms with Crippen LogP contribution in [-0.4, -0.2) is 301 Å². The molecule has 3 heterocycles. The number of aryl methyl sites for hydroxylation is 4. The van der Waals surface area contributed by atoms with Crippen LogP contribution in [0.3, 0.4) is 0 Å². The minimum Gasteiger partial charge on any atom is -0.497 e. The number of carbonyl (C=O) groups is 2. The number of hydrogen-bond donors (Lipinski definition) is 1. The molecule has 0 bridgehead atoms. The van der Waals surface area contributed by atoms with E-state index < -0.39 is 20.0 Å². The molecule has 0 radical (unpaired) electrons. The maximum atomic E-state index is 13.2. The maximum Gasteiger partial charge on any atom is 0.248 e. The lowest BCUT2D eigenvalue weighted by Crippen LogP contribution is -2.47. The van der Waals surface area contributed by atoms with Gasteiger partial charge >= 0.3 is 0 Å². The summed E-state index contributed by atoms with van der Waals surface area (Å²) in [6.45, 7) is 14.7. The monoisotopic (exact) mass is 1300 g/mol. The first-order valence-corrected chi connectivity index (χ1v) is 36.3. The first kappa shape index (κ1) is 75.5. The van der Waals surface area contributed by atoms with Gasteiger partial charge in [0.05, 0.1) is 37.2 Å². The van der Waals surface area contributed by atoms with E-state index in [1.807, 2.05) is 23.9 Å². The molecule has 9 atom stereocenters. The van der Waals surface area contributed by atoms with E-state index in [1.54, 1.807) is 66.2 Å². The van der Waals surface area contributed by atoms with Gasteiger partial charge in [-0.1, -0.05) is 6.42 Å². The van der Waals surface area contributed by atoms with Crippen LogP contribution in [0, 0.1) is 27.7 Å². The van der Waals surface area contributed by atoms with Gasteiger partial charge in [-0.05, 0) is 213 Å². The van der Waals surface area contributed by atoms with E-state index in [9.17, 15) is 26.4 Å². The molecule has 7 unspecified atom stereocenters. The molecule has 2 aromatic carbocycles. The van der Waals surface area contributed by atoms with Crippen molar-refractivity contribution in [2.75, 3.05) is 171 Å². The topological polar surface area (TPSA) is 184 Å². The van der Waals surface area contributed by atoms with Gasteiger partial charge in [0.1, 0.15) is 24.7 Å². The number of methoxy groups -OCH3 is 2. The number of ether oxygens (including phenoxy) is 4. The molecule has 3 aliphatic heterocycles. The van der Waals surface area contributed by atoms with Crippen molar-refractivity contribution < 1.29 is 45.4 Å². The molecule has 21 nitrogen and oxygen atoms in total. The second kappa shape index (κ2) is 35.3. The Kier molecular flexibility index (Phi) is 29.6. The van der Waals surface area contributed by atoms with Gasteiger partial charge < -0.3 is 48.8 Å². The van der Waals surface area contributed by atoms with Crippen molar-refractivity contribution in [1.82, 2.24) is 53.1 Å². The van der Waals surface area contributed by atoms with Crippen LogP contribution in [0.1, 0.15) is 119 Å². The minimum atomic E-state index is -3.69. The zero-order chi connectivity index (χ0) is 66.2. The van der Waals surface area contributed by atoms with Gasteiger partial charge in [-0.2, -0.15) is 8.61 Å². The number of amides is 2. The lowest BCUT2D eigenvalue weighted by atomic mass is 9.89. The number of hydrogen-bond acceptors (Lipinski definition) is 17. The van der Waals surface area contributed by atoms with Crippen LogP contribution in [0.15, 0.2) is 34.1 Å². The lowest BCUT2D eigenvalue weighted by Gasteiger charge is -2.39. The summed E-state index contributed by atoms with van der Waals surface area (Å²) in [6, 6.07) is 12.0. The van der Waals surface area contributed by atoms with Crippen molar-refractivity contribution in [1.29, 1.82) is 0 Å². The van der Waals surface area contributed by atoms with E-state index in [0.717, 1.165) is 82.8 Å². The average molecular weight is 1300 g/mol. The molecule has 0 spiro atoms. The SMILES string of the molecule is CNC1CCCC(N2CCC(N(C)C)C2)C1.COc1cc(C)c(S(=O)(=O)N(C)CCOCC(=O)N(C)C2CCCC(N3CCC(N(C)C)C3)C2)c(C)c1.COc1cc(C)c(S(=O)(=O)N(C)CCOCC(=O)N(C)[C@@H]2CCC[C@H](N3CCC(N(C)C)C3)C2)c(C)c1. The molecule has 2 amide bonds. The Bertz CT molecular complexity index is 2600. The fourth-order valence-electron chi connectivity index (χ4n) is 14.7. The number of sulfonamides is 2. The quantitative estimate of drug-likeness (QED) is 0.117. The largest absolute Gasteiger partial charge is 0.497 e. The van der Waals surface area contributed by atoms with E-state index in [1.165, 1.54) is 93.6 Å². The highest BCUT2D eigenvalue weighted by Gasteiger charge is 2.38. The number of benzene rings is 2. The summed E-state index contributed by atoms with van der Waals surface area (Å²) >= 11 is 0. The molecule has 2 aromatic rings. The Morgan fingerprint density at radius 2 is 0.800 bits per heavy atom. The van der Waals surface area contributed by atoms with Gasteiger partial charge in [0.2, 0.25) is 31.9 Å². The molecule has 3 saturated carbocycles. The molecular weight excluding hydrogens is 1180 g/mol. The predicted octanol–water partition coefficient (Wildman–Crippen LogP) is 5.86. The van der Waals surface area contributed by atoms with Crippen LogP contribution in [0.5, 0.6) is 11.5 Å². The Labute approximate surface area is 544 Å². The summed E-state index contributed by atoms with van der Waals surface area (Å²) < 4.78 is 77.0. The summed E-state index contributed by atoms with van der Waals surface area (Å²) in [5.41, 5.74) is 2.55. The number of likely N-dealkylation sites (N-methyl/N-ethyl adjacent to an activating group) is 7. The zero-order valence-corrected chi connectivity index (χ0v) is 60.1. The highest BCUT2D eigenvalue weighted by Crippen LogP contribution is 2.34. The van der Waals surface area contributed by atoms with E-state index >= 15 is 0 Å². The highest BCUT2D eigenvalue weighted by molar-refractivity contribution is 7.89. The van der Waals surface area contributed by atoms with Crippen molar-refractivity contribution in [2.24, 2.45) is 0 Å². The van der Waals surface area contributed by atoms with Crippen molar-refractivity contribution in [3.05, 3.63) is 46.5 Å². The summed E-state index contributed by atoms with van der Waals surface area (Å²) in [5.74, 6) is 1.16. The van der Waals surface area contributed by atoms with Gasteiger partial charge in [-0.3, -0.25) is 24.3 Å². The average Bonchev–Trinajstić information content (AvgIpc) is 1.20. The summed E-state index contributed by atoms with van der Waals surface area (Å²) in [4.78, 5) is 44.9. The molecular formula is C67H119N11O10S2. The number of nitrogens with one attached hydrogen (secondary N) is 1. The van der Waals surface area contributed by atoms with E-state index in [0.29, 0.717) is 57.9 Å². The van der Waals surface area contributed by atoms with Crippen molar-refractivity contribution >= 4 is 31.9 Å². The third kappa shape index (κ3) is 20.5. The molecule has 514 valence electrons. The Balaban J connectivity index is 0.000000231. The molecule has 23 heteroatoms. The van der Waals surface area contributed by atoms with Gasteiger partial charge in [-0.15, -0.1) is 0 Å². The van der Waals surface area contributed by atoms with Crippen LogP contribution in [0.4, 0.5) is 0 Å². The van der Waals surface area contributed by atoms with Crippen LogP contribution in [0.25, 0.3) is 0 Å². The molecule has 3 aliphatic carbocycles. The van der Waals surface area contributed by atoms with Crippen molar-refractivity contribution in [2.45, 2.75) is 188 Å². The van der Waals surface area contributed by atoms with Gasteiger partial charge in [0, 0.05) is 135 Å². The van der Waals surface area contributed by atoms with Crippen LogP contribution in [0.2, 0.25) is 0 Å². The number of carbonyl (C=O) groups excluding carboxylic acids is 2. The molecule has 6 fully saturated rings. The second-order valence-electron chi connectivity index (χ2n) is 27.4. The van der Waals surface area contributed by atoms with Gasteiger partial charge in [-0.25, -0.2) is 16.8 Å². The van der Waals surface area contributed by atoms with E-state index in [2.05, 4.69) is 84.0 Å². The number of rotatable bonds is 25. The molecule has 8 rings (SSSR count). The third-order valence-electron chi connectivity index (χ3n) is 20.7. The third-order valence-corrected chi connectivity index (χ3v) is 25.1. The van der Waals surface area contributed by atoms with Crippen molar-refractivity contribution in [3.63, 3.8) is 0 Å². The zero-order valence-electron chi connectivity index (χ0n) is 58.5. The van der Waals surface area contributed by atoms with Crippen LogP contribution < -0.4 is 14.8 Å². The predicted molar refractivity (Wildman–Crippen MR) is 360 cm³/mol. The first-order chi connectivity index (χ1) is 42.6. The normalized spacial score (nSPS) is 25.6. The van der Waals surface area contributed by atoms with Crippen LogP contribution >= 0.6 is 0 Å². The summed E-state index contributed by atoms with van der Waals surface area (Å²) in [7, 11) is 17.7. The van der Waals surface area contributed by atoms with Gasteiger partial charge in [0.25, 0.3) is 0 Å². The molecule has 6 aliphatic rings. The summed E-state index contributed by atoms with van der Waals surface area (Å²) in [5, 5.41) is 3.45. The Morgan fingerprint density at radius 3 is 1.10 bits per heavy atom. The molecule has 90 heavy (non-hydrogen) atoms. The second-order valence-corrected chi connectivity index (χ2v) is 31.4. The number of nitrogens with zero attached hydrogens (tertiary/aromatic N) is 10. The smallest absolute Gasteiger partial charge is 0.248 e. The highest BCUT2D eigenvalue weighted by atomic mass is 32.2. The minimum absolute atomic E-state index is 0.0431. The fraction of sp³-hybridized carbons (Fsp3) is 0.791. The van der Waals surface area contributed by atoms with E-state index in [4.69, 9.17) is 18.9 Å². The maximum absolute atomic E-state index is 13.2. The Morgan fingerprint density at radius 1 is 0.478 bits per heavy atom. The molecule has 1 N–H and O–H groups in total. The summed E-state index contributed by atoms with van der Waals surface area (Å²) in [6.07, 6.45) is 18.0. The van der Waals surface area contributed by atoms with Crippen molar-refractivity contribution in [3.8, 4) is 11.5 Å². The fourth-order valence-corrected chi connectivity index (χ4v) is 17.8. The molecule has 3 saturated heterocycles. The lowest BCUT2D eigenvalue weighted by molar-refractivity contribution is -0.138. The Hall–Kier alpha value is -3.56. The standard InChI is InChI=1S/2C27H46N4O5S.C13H27N3/c2*1-20-15-25(35-7)16-21(2)27(20)37(33,34)29(5)13-14-36-19-26(32)30(6)22-9-8-10-23(17-22)31-12-11-24(18-31)28(3)4;1-14-11-5-4-6-12(9-11)16-8-7-13(10-16)15(2)3/h2*15-16,22-24H,8-14,17-19H2,1-7H3;11-14H,4-10H2,1-3H3/t22-,23+,24?;;/m1../s1. The number of likely N-dealkylation sites (tertiary alicyclic amines) is 3. The van der Waals surface area contributed by atoms with Crippen LogP contribution in [-0.2, 0) is 39.1 Å². The first-order valence-electron chi connectivity index (χ1n) is 33.4. The molecule has 0 aromatic heterocycles. The van der Waals surface area contributed by atoms with Gasteiger partial charge in [0.15, 0.2) is 0 Å².